The number of hydrogen-bond acceptors (Lipinski definition) is 6. The van der Waals surface area contributed by atoms with Gasteiger partial charge in [-0.25, -0.2) is 13.4 Å². The first-order valence-electron chi connectivity index (χ1n) is 8.88. The van der Waals surface area contributed by atoms with Gasteiger partial charge >= 0.3 is 0 Å². The molecule has 9 heteroatoms. The van der Waals surface area contributed by atoms with Gasteiger partial charge in [-0.15, -0.1) is 0 Å². The number of benzene rings is 3. The van der Waals surface area contributed by atoms with E-state index in [2.05, 4.69) is 0 Å². The van der Waals surface area contributed by atoms with Crippen molar-refractivity contribution in [2.75, 3.05) is 0 Å². The molecule has 3 aromatic carbocycles. The lowest BCUT2D eigenvalue weighted by molar-refractivity contribution is 0.461. The second kappa shape index (κ2) is 7.44. The van der Waals surface area contributed by atoms with Gasteiger partial charge in [0.25, 0.3) is 10.1 Å². The van der Waals surface area contributed by atoms with Gasteiger partial charge in [-0.05, 0) is 34.7 Å². The van der Waals surface area contributed by atoms with Crippen LogP contribution in [0.4, 0.5) is 0 Å². The predicted octanol–water partition coefficient (Wildman–Crippen LogP) is 3.49. The van der Waals surface area contributed by atoms with E-state index in [0.29, 0.717) is 33.1 Å². The smallest absolute Gasteiger partial charge is 0.269 e. The van der Waals surface area contributed by atoms with E-state index in [1.165, 1.54) is 6.07 Å². The van der Waals surface area contributed by atoms with E-state index in [9.17, 15) is 25.9 Å². The van der Waals surface area contributed by atoms with Crippen molar-refractivity contribution in [3.8, 4) is 11.3 Å². The summed E-state index contributed by atoms with van der Waals surface area (Å²) in [6.45, 7) is 0. The molecule has 1 N–H and O–H groups in total. The first-order valence-corrected chi connectivity index (χ1v) is 12.1. The van der Waals surface area contributed by atoms with Crippen LogP contribution in [0.25, 0.3) is 32.9 Å². The fourth-order valence-electron chi connectivity index (χ4n) is 3.51. The lowest BCUT2D eigenvalue weighted by atomic mass is 9.98. The van der Waals surface area contributed by atoms with Crippen LogP contribution in [0.2, 0.25) is 0 Å². The summed E-state index contributed by atoms with van der Waals surface area (Å²) >= 11 is 0. The third kappa shape index (κ3) is 4.49. The highest BCUT2D eigenvalue weighted by molar-refractivity contribution is 7.85. The molecule has 0 saturated carbocycles. The van der Waals surface area contributed by atoms with Crippen molar-refractivity contribution in [3.63, 3.8) is 0 Å². The normalized spacial score (nSPS) is 12.5. The largest absolute Gasteiger partial charge is 0.748 e. The second-order valence-electron chi connectivity index (χ2n) is 6.99. The van der Waals surface area contributed by atoms with Gasteiger partial charge in [-0.1, -0.05) is 48.5 Å². The van der Waals surface area contributed by atoms with Crippen LogP contribution in [-0.4, -0.2) is 30.9 Å². The number of nitrogens with zero attached hydrogens (tertiary/aromatic N) is 1. The molecule has 0 saturated heterocycles. The molecule has 0 aliphatic carbocycles. The van der Waals surface area contributed by atoms with Crippen molar-refractivity contribution in [1.82, 2.24) is 4.98 Å². The number of pyridine rings is 1. The maximum Gasteiger partial charge on any atom is 0.269 e. The fraction of sp³-hybridized carbons (Fsp3) is 0.0952. The molecule has 0 atom stereocenters. The summed E-state index contributed by atoms with van der Waals surface area (Å²) in [6, 6.07) is 19.1. The third-order valence-corrected chi connectivity index (χ3v) is 6.05. The number of aromatic nitrogens is 1. The van der Waals surface area contributed by atoms with Gasteiger partial charge in [-0.2, -0.15) is 8.42 Å². The van der Waals surface area contributed by atoms with Crippen LogP contribution in [0.5, 0.6) is 0 Å². The minimum Gasteiger partial charge on any atom is -0.748 e. The van der Waals surface area contributed by atoms with E-state index in [1.807, 2.05) is 30.3 Å². The molecule has 0 aliphatic rings. The van der Waals surface area contributed by atoms with E-state index in [-0.39, 0.29) is 0 Å². The summed E-state index contributed by atoms with van der Waals surface area (Å²) in [4.78, 5) is 4.72. The molecule has 154 valence electrons. The van der Waals surface area contributed by atoms with Crippen LogP contribution in [0.1, 0.15) is 11.1 Å². The number of fused-ring (bicyclic) bond motifs is 3. The number of hydrogen-bond donors (Lipinski definition) is 1. The Morgan fingerprint density at radius 3 is 2.07 bits per heavy atom. The van der Waals surface area contributed by atoms with E-state index < -0.39 is 31.7 Å². The Bertz CT molecular complexity index is 1480. The van der Waals surface area contributed by atoms with Crippen LogP contribution in [0.15, 0.2) is 66.7 Å². The Labute approximate surface area is 173 Å². The van der Waals surface area contributed by atoms with Gasteiger partial charge in [0, 0.05) is 16.3 Å². The first-order chi connectivity index (χ1) is 14.1. The van der Waals surface area contributed by atoms with Gasteiger partial charge in [0.15, 0.2) is 0 Å². The summed E-state index contributed by atoms with van der Waals surface area (Å²) in [5.74, 6) is -1.21. The average Bonchev–Trinajstić information content (AvgIpc) is 2.65. The lowest BCUT2D eigenvalue weighted by Gasteiger charge is -2.13. The average molecular weight is 442 g/mol. The molecule has 0 spiro atoms. The molecule has 0 aliphatic heterocycles. The molecule has 0 amide bonds. The predicted molar refractivity (Wildman–Crippen MR) is 113 cm³/mol. The molecule has 0 bridgehead atoms. The van der Waals surface area contributed by atoms with E-state index >= 15 is 0 Å². The van der Waals surface area contributed by atoms with E-state index in [4.69, 9.17) is 4.98 Å². The Balaban J connectivity index is 2.04. The summed E-state index contributed by atoms with van der Waals surface area (Å²) < 4.78 is 65.5. The zero-order chi connectivity index (χ0) is 21.5. The molecule has 0 unspecified atom stereocenters. The molecule has 0 fully saturated rings. The molecule has 7 nitrogen and oxygen atoms in total. The van der Waals surface area contributed by atoms with Crippen molar-refractivity contribution in [3.05, 3.63) is 77.9 Å². The Kier molecular flexibility index (Phi) is 5.07. The van der Waals surface area contributed by atoms with E-state index in [0.717, 1.165) is 10.9 Å². The third-order valence-electron chi connectivity index (χ3n) is 4.66. The van der Waals surface area contributed by atoms with E-state index in [1.54, 1.807) is 30.3 Å². The SMILES string of the molecule is O=S(=O)([O-])Cc1ccc2nc(-c3ccccc3)c3ccc(CS(=O)(=O)O)cc3c2c1. The van der Waals surface area contributed by atoms with Gasteiger partial charge in [0.05, 0.1) is 27.1 Å². The van der Waals surface area contributed by atoms with Crippen molar-refractivity contribution < 1.29 is 25.9 Å². The molecular formula is C21H16NO6S2-. The van der Waals surface area contributed by atoms with Gasteiger partial charge in [0.2, 0.25) is 0 Å². The summed E-state index contributed by atoms with van der Waals surface area (Å²) in [6.07, 6.45) is 0. The highest BCUT2D eigenvalue weighted by Crippen LogP contribution is 2.34. The molecule has 1 heterocycles. The van der Waals surface area contributed by atoms with Crippen LogP contribution < -0.4 is 0 Å². The van der Waals surface area contributed by atoms with Crippen molar-refractivity contribution in [1.29, 1.82) is 0 Å². The summed E-state index contributed by atoms with van der Waals surface area (Å²) in [7, 11) is -8.70. The molecular weight excluding hydrogens is 426 g/mol. The number of rotatable bonds is 5. The highest BCUT2D eigenvalue weighted by Gasteiger charge is 2.14. The Hall–Kier alpha value is -2.85. The van der Waals surface area contributed by atoms with Crippen LogP contribution >= 0.6 is 0 Å². The quantitative estimate of drug-likeness (QED) is 0.370. The summed E-state index contributed by atoms with van der Waals surface area (Å²) in [5, 5.41) is 1.96. The van der Waals surface area contributed by atoms with Crippen molar-refractivity contribution in [2.45, 2.75) is 11.5 Å². The van der Waals surface area contributed by atoms with Gasteiger partial charge < -0.3 is 4.55 Å². The first kappa shape index (κ1) is 20.4. The lowest BCUT2D eigenvalue weighted by Crippen LogP contribution is -2.03. The minimum absolute atomic E-state index is 0.313. The van der Waals surface area contributed by atoms with Crippen LogP contribution in [0.3, 0.4) is 0 Å². The Morgan fingerprint density at radius 1 is 0.767 bits per heavy atom. The zero-order valence-electron chi connectivity index (χ0n) is 15.5. The topological polar surface area (TPSA) is 124 Å². The molecule has 1 aromatic heterocycles. The van der Waals surface area contributed by atoms with Crippen LogP contribution in [0, 0.1) is 0 Å². The maximum atomic E-state index is 11.3. The fourth-order valence-corrected chi connectivity index (χ4v) is 4.70. The summed E-state index contributed by atoms with van der Waals surface area (Å²) in [5.41, 5.74) is 2.79. The minimum atomic E-state index is -4.47. The highest BCUT2D eigenvalue weighted by atomic mass is 32.2. The standard InChI is InChI=1S/C21H17NO6S2/c23-29(24,25)12-14-6-8-17-18(10-14)19-11-15(13-30(26,27)28)7-9-20(19)22-21(17)16-4-2-1-3-5-16/h1-11H,12-13H2,(H,23,24,25)(H,26,27,28)/p-1. The maximum absolute atomic E-state index is 11.3. The molecule has 30 heavy (non-hydrogen) atoms. The second-order valence-corrected chi connectivity index (χ2v) is 9.84. The van der Waals surface area contributed by atoms with Gasteiger partial charge in [-0.3, -0.25) is 4.55 Å². The van der Waals surface area contributed by atoms with Crippen LogP contribution in [-0.2, 0) is 31.7 Å². The van der Waals surface area contributed by atoms with Crippen molar-refractivity contribution in [2.24, 2.45) is 0 Å². The zero-order valence-corrected chi connectivity index (χ0v) is 17.2. The van der Waals surface area contributed by atoms with Gasteiger partial charge in [0.1, 0.15) is 5.75 Å². The molecule has 4 aromatic rings. The monoisotopic (exact) mass is 442 g/mol. The Morgan fingerprint density at radius 2 is 1.40 bits per heavy atom. The molecule has 4 rings (SSSR count). The van der Waals surface area contributed by atoms with Crippen molar-refractivity contribution >= 4 is 41.9 Å². The molecule has 0 radical (unpaired) electrons.